The van der Waals surface area contributed by atoms with E-state index in [4.69, 9.17) is 9.05 Å². The smallest absolute Gasteiger partial charge is 0.301 e. The number of rotatable bonds is 24. The van der Waals surface area contributed by atoms with Gasteiger partial charge >= 0.3 is 6.80 Å². The molecule has 29 heavy (non-hydrogen) atoms. The van der Waals surface area contributed by atoms with E-state index in [1.165, 1.54) is 108 Å². The second-order valence-corrected chi connectivity index (χ2v) is 12.4. The first-order valence-corrected chi connectivity index (χ1v) is 15.9. The first-order chi connectivity index (χ1) is 14.2. The molecule has 0 radical (unpaired) electrons. The van der Waals surface area contributed by atoms with Crippen molar-refractivity contribution < 1.29 is 13.6 Å². The van der Waals surface area contributed by atoms with Gasteiger partial charge in [0.2, 0.25) is 0 Å². The highest BCUT2D eigenvalue weighted by Gasteiger charge is 2.25. The van der Waals surface area contributed by atoms with E-state index in [9.17, 15) is 4.57 Å². The van der Waals surface area contributed by atoms with Gasteiger partial charge in [0, 0.05) is 5.75 Å². The summed E-state index contributed by atoms with van der Waals surface area (Å²) in [6.07, 6.45) is 22.1. The van der Waals surface area contributed by atoms with Crippen molar-refractivity contribution in [1.29, 1.82) is 0 Å². The lowest BCUT2D eigenvalue weighted by atomic mass is 10.1. The molecule has 0 heterocycles. The Morgan fingerprint density at radius 2 is 0.862 bits per heavy atom. The summed E-state index contributed by atoms with van der Waals surface area (Å²) in [5.41, 5.74) is 0. The first kappa shape index (κ1) is 29.5. The molecule has 0 saturated heterocycles. The maximum Gasteiger partial charge on any atom is 0.389 e. The molecule has 176 valence electrons. The maximum atomic E-state index is 13.1. The van der Waals surface area contributed by atoms with Crippen LogP contribution in [0.5, 0.6) is 0 Å². The van der Waals surface area contributed by atoms with Crippen molar-refractivity contribution in [2.75, 3.05) is 19.0 Å². The molecule has 0 rings (SSSR count). The summed E-state index contributed by atoms with van der Waals surface area (Å²) >= 11 is 1.44. The second-order valence-electron chi connectivity index (χ2n) is 8.25. The molecule has 0 aliphatic carbocycles. The highest BCUT2D eigenvalue weighted by atomic mass is 32.7. The third kappa shape index (κ3) is 21.5. The fourth-order valence-electron chi connectivity index (χ4n) is 3.29. The van der Waals surface area contributed by atoms with E-state index in [2.05, 4.69) is 20.8 Å². The van der Waals surface area contributed by atoms with Crippen LogP contribution in [0.1, 0.15) is 136 Å². The van der Waals surface area contributed by atoms with Crippen molar-refractivity contribution in [3.63, 3.8) is 0 Å². The average Bonchev–Trinajstić information content (AvgIpc) is 2.72. The molecule has 0 aliphatic heterocycles. The molecule has 0 amide bonds. The van der Waals surface area contributed by atoms with E-state index in [0.29, 0.717) is 13.2 Å². The summed E-state index contributed by atoms with van der Waals surface area (Å²) < 4.78 is 24.8. The first-order valence-electron chi connectivity index (χ1n) is 12.7. The fourth-order valence-corrected chi connectivity index (χ4v) is 6.73. The molecule has 0 saturated carbocycles. The molecule has 0 fully saturated rings. The summed E-state index contributed by atoms with van der Waals surface area (Å²) in [5.74, 6) is 0.885. The van der Waals surface area contributed by atoms with Crippen molar-refractivity contribution in [3.8, 4) is 0 Å². The van der Waals surface area contributed by atoms with E-state index in [1.54, 1.807) is 0 Å². The lowest BCUT2D eigenvalue weighted by Gasteiger charge is -2.18. The normalized spacial score (nSPS) is 12.0. The lowest BCUT2D eigenvalue weighted by molar-refractivity contribution is 0.212. The van der Waals surface area contributed by atoms with Crippen LogP contribution in [0.15, 0.2) is 0 Å². The second kappa shape index (κ2) is 23.2. The van der Waals surface area contributed by atoms with Gasteiger partial charge in [-0.25, -0.2) is 4.57 Å². The molecule has 5 heteroatoms. The van der Waals surface area contributed by atoms with Crippen LogP contribution in [0, 0.1) is 0 Å². The number of hydrogen-bond acceptors (Lipinski definition) is 4. The quantitative estimate of drug-likeness (QED) is 0.108. The summed E-state index contributed by atoms with van der Waals surface area (Å²) in [6, 6.07) is 0. The van der Waals surface area contributed by atoms with Gasteiger partial charge in [0.1, 0.15) is 0 Å². The predicted molar refractivity (Wildman–Crippen MR) is 132 cm³/mol. The molecule has 3 nitrogen and oxygen atoms in total. The molecule has 0 aromatic heterocycles. The van der Waals surface area contributed by atoms with Gasteiger partial charge in [0.15, 0.2) is 0 Å². The average molecular weight is 451 g/mol. The molecule has 0 N–H and O–H groups in total. The monoisotopic (exact) mass is 450 g/mol. The molecule has 0 aromatic carbocycles. The van der Waals surface area contributed by atoms with Crippen molar-refractivity contribution in [3.05, 3.63) is 0 Å². The zero-order chi connectivity index (χ0) is 21.5. The van der Waals surface area contributed by atoms with Gasteiger partial charge in [-0.1, -0.05) is 117 Å². The molecule has 0 aromatic rings. The van der Waals surface area contributed by atoms with Gasteiger partial charge in [0.05, 0.1) is 13.2 Å². The zero-order valence-electron chi connectivity index (χ0n) is 19.9. The zero-order valence-corrected chi connectivity index (χ0v) is 21.6. The Bertz CT molecular complexity index is 314. The highest BCUT2D eigenvalue weighted by Crippen LogP contribution is 2.61. The van der Waals surface area contributed by atoms with Crippen LogP contribution in [-0.4, -0.2) is 19.0 Å². The van der Waals surface area contributed by atoms with Crippen molar-refractivity contribution in [2.45, 2.75) is 136 Å². The summed E-state index contributed by atoms with van der Waals surface area (Å²) in [6.45, 7) is 4.88. The summed E-state index contributed by atoms with van der Waals surface area (Å²) in [5, 5.41) is 0. The van der Waals surface area contributed by atoms with Crippen LogP contribution in [0.2, 0.25) is 0 Å². The van der Waals surface area contributed by atoms with E-state index < -0.39 is 6.80 Å². The minimum Gasteiger partial charge on any atom is -0.301 e. The Kier molecular flexibility index (Phi) is 23.6. The van der Waals surface area contributed by atoms with E-state index >= 15 is 0 Å². The molecule has 0 aliphatic rings. The summed E-state index contributed by atoms with van der Waals surface area (Å²) in [7, 11) is 0. The van der Waals surface area contributed by atoms with Crippen molar-refractivity contribution in [2.24, 2.45) is 0 Å². The molecular weight excluding hydrogens is 399 g/mol. The van der Waals surface area contributed by atoms with Gasteiger partial charge < -0.3 is 9.05 Å². The van der Waals surface area contributed by atoms with E-state index in [1.807, 2.05) is 0 Å². The molecule has 0 atom stereocenters. The third-order valence-electron chi connectivity index (χ3n) is 5.24. The maximum absolute atomic E-state index is 13.1. The SMILES string of the molecule is CCCCCCCCOP(=O)(OCCCCCCCC)SCCCCCCCC. The van der Waals surface area contributed by atoms with Crippen LogP contribution >= 0.6 is 18.2 Å². The number of hydrogen-bond donors (Lipinski definition) is 0. The fraction of sp³-hybridized carbons (Fsp3) is 1.00. The van der Waals surface area contributed by atoms with Crippen LogP contribution in [0.3, 0.4) is 0 Å². The van der Waals surface area contributed by atoms with Crippen molar-refractivity contribution in [1.82, 2.24) is 0 Å². The minimum absolute atomic E-state index is 0.573. The predicted octanol–water partition coefficient (Wildman–Crippen LogP) is 9.94. The van der Waals surface area contributed by atoms with Crippen LogP contribution in [0.25, 0.3) is 0 Å². The molecular formula is C24H51O3PS. The molecule has 0 spiro atoms. The molecule has 0 unspecified atom stereocenters. The van der Waals surface area contributed by atoms with E-state index in [0.717, 1.165) is 25.0 Å². The van der Waals surface area contributed by atoms with Crippen LogP contribution in [0.4, 0.5) is 0 Å². The van der Waals surface area contributed by atoms with Crippen molar-refractivity contribution >= 4 is 18.2 Å². The topological polar surface area (TPSA) is 35.5 Å². The summed E-state index contributed by atoms with van der Waals surface area (Å²) in [4.78, 5) is 0. The Morgan fingerprint density at radius 3 is 1.28 bits per heavy atom. The van der Waals surface area contributed by atoms with Gasteiger partial charge in [-0.05, 0) is 30.6 Å². The Morgan fingerprint density at radius 1 is 0.517 bits per heavy atom. The Hall–Kier alpha value is 0.500. The van der Waals surface area contributed by atoms with Gasteiger partial charge in [-0.2, -0.15) is 0 Å². The highest BCUT2D eigenvalue weighted by molar-refractivity contribution is 8.55. The van der Waals surface area contributed by atoms with Crippen LogP contribution < -0.4 is 0 Å². The molecule has 0 bridgehead atoms. The van der Waals surface area contributed by atoms with Crippen LogP contribution in [-0.2, 0) is 13.6 Å². The van der Waals surface area contributed by atoms with Gasteiger partial charge in [-0.3, -0.25) is 0 Å². The third-order valence-corrected chi connectivity index (χ3v) is 9.16. The standard InChI is InChI=1S/C24H51O3PS/c1-4-7-10-13-16-19-22-26-28(25,27-23-20-17-14-11-8-5-2)29-24-21-18-15-12-9-6-3/h4-24H2,1-3H3. The Labute approximate surface area is 187 Å². The number of unbranched alkanes of at least 4 members (excludes halogenated alkanes) is 15. The Balaban J connectivity index is 4.05. The lowest BCUT2D eigenvalue weighted by Crippen LogP contribution is -1.99. The largest absolute Gasteiger partial charge is 0.389 e. The van der Waals surface area contributed by atoms with E-state index in [-0.39, 0.29) is 0 Å². The van der Waals surface area contributed by atoms with Gasteiger partial charge in [0.25, 0.3) is 0 Å². The minimum atomic E-state index is -2.99. The van der Waals surface area contributed by atoms with Gasteiger partial charge in [-0.15, -0.1) is 0 Å².